The molecular weight excluding hydrogens is 366 g/mol. The normalized spacial score (nSPS) is 16.0. The predicted octanol–water partition coefficient (Wildman–Crippen LogP) is 6.23. The summed E-state index contributed by atoms with van der Waals surface area (Å²) in [6.07, 6.45) is 2.34. The minimum absolute atomic E-state index is 0.557. The molecule has 3 aromatic rings. The predicted molar refractivity (Wildman–Crippen MR) is 117 cm³/mol. The minimum Gasteiger partial charge on any atom is -0.299 e. The molecule has 2 aromatic carbocycles. The fraction of sp³-hybridized carbons (Fsp3) is 0.375. The molecule has 1 aromatic heterocycles. The number of aromatic nitrogens is 2. The fourth-order valence-electron chi connectivity index (χ4n) is 3.98. The van der Waals surface area contributed by atoms with E-state index in [1.165, 1.54) is 35.2 Å². The first-order chi connectivity index (χ1) is 13.6. The molecule has 1 fully saturated rings. The van der Waals surface area contributed by atoms with E-state index in [1.807, 2.05) is 12.1 Å². The number of benzene rings is 2. The summed E-state index contributed by atoms with van der Waals surface area (Å²) in [6.45, 7) is 7.68. The highest BCUT2D eigenvalue weighted by Gasteiger charge is 2.22. The van der Waals surface area contributed by atoms with Crippen LogP contribution in [0.1, 0.15) is 55.3 Å². The maximum Gasteiger partial charge on any atom is 0.0923 e. The Morgan fingerprint density at radius 1 is 1.04 bits per heavy atom. The molecule has 146 valence electrons. The van der Waals surface area contributed by atoms with Crippen LogP contribution in [-0.4, -0.2) is 28.2 Å². The molecule has 1 N–H and O–H groups in total. The number of rotatable bonds is 5. The summed E-state index contributed by atoms with van der Waals surface area (Å²) in [5.74, 6) is 1.12. The largest absolute Gasteiger partial charge is 0.299 e. The van der Waals surface area contributed by atoms with Crippen molar-refractivity contribution in [1.29, 1.82) is 0 Å². The average molecular weight is 394 g/mol. The second-order valence-electron chi connectivity index (χ2n) is 8.16. The zero-order valence-corrected chi connectivity index (χ0v) is 17.4. The summed E-state index contributed by atoms with van der Waals surface area (Å²) in [6, 6.07) is 19.2. The summed E-state index contributed by atoms with van der Waals surface area (Å²) in [4.78, 5) is 2.53. The molecule has 1 aliphatic heterocycles. The fourth-order valence-corrected chi connectivity index (χ4v) is 4.11. The third kappa shape index (κ3) is 4.48. The smallest absolute Gasteiger partial charge is 0.0923 e. The summed E-state index contributed by atoms with van der Waals surface area (Å²) >= 11 is 5.99. The second-order valence-corrected chi connectivity index (χ2v) is 8.60. The first-order valence-electron chi connectivity index (χ1n) is 10.2. The lowest BCUT2D eigenvalue weighted by molar-refractivity contribution is 0.203. The van der Waals surface area contributed by atoms with Crippen LogP contribution in [0.2, 0.25) is 5.02 Å². The molecule has 1 saturated heterocycles. The van der Waals surface area contributed by atoms with Gasteiger partial charge in [0.15, 0.2) is 0 Å². The Morgan fingerprint density at radius 3 is 2.36 bits per heavy atom. The number of nitrogens with one attached hydrogen (secondary N) is 1. The van der Waals surface area contributed by atoms with Gasteiger partial charge in [-0.1, -0.05) is 61.8 Å². The van der Waals surface area contributed by atoms with E-state index in [-0.39, 0.29) is 0 Å². The molecule has 0 spiro atoms. The Balaban J connectivity index is 1.35. The Morgan fingerprint density at radius 2 is 1.71 bits per heavy atom. The first-order valence-corrected chi connectivity index (χ1v) is 10.6. The molecule has 4 heteroatoms. The molecule has 0 saturated carbocycles. The van der Waals surface area contributed by atoms with Crippen LogP contribution in [0.3, 0.4) is 0 Å². The summed E-state index contributed by atoms with van der Waals surface area (Å²) < 4.78 is 0. The van der Waals surface area contributed by atoms with Gasteiger partial charge in [0.2, 0.25) is 0 Å². The maximum atomic E-state index is 5.99. The molecule has 1 aliphatic rings. The molecule has 0 atom stereocenters. The summed E-state index contributed by atoms with van der Waals surface area (Å²) in [5.41, 5.74) is 6.21. The van der Waals surface area contributed by atoms with Crippen molar-refractivity contribution in [2.24, 2.45) is 0 Å². The third-order valence-electron chi connectivity index (χ3n) is 5.82. The topological polar surface area (TPSA) is 31.9 Å². The van der Waals surface area contributed by atoms with Gasteiger partial charge >= 0.3 is 0 Å². The van der Waals surface area contributed by atoms with Gasteiger partial charge in [-0.3, -0.25) is 10.00 Å². The van der Waals surface area contributed by atoms with E-state index >= 15 is 0 Å². The molecular formula is C24H28ClN3. The number of hydrogen-bond acceptors (Lipinski definition) is 2. The standard InChI is InChI=1S/C24H28ClN3/c1-17(2)19-5-7-20(8-6-19)23-15-24(27-26-23)21-11-13-28(14-12-21)16-18-3-9-22(25)10-4-18/h3-10,15,17,21H,11-14,16H2,1-2H3,(H,26,27). The highest BCUT2D eigenvalue weighted by molar-refractivity contribution is 6.30. The van der Waals surface area contributed by atoms with E-state index in [1.54, 1.807) is 0 Å². The van der Waals surface area contributed by atoms with Gasteiger partial charge in [0.25, 0.3) is 0 Å². The molecule has 4 rings (SSSR count). The Labute approximate surface area is 172 Å². The molecule has 28 heavy (non-hydrogen) atoms. The van der Waals surface area contributed by atoms with Crippen molar-refractivity contribution in [2.75, 3.05) is 13.1 Å². The Bertz CT molecular complexity index is 888. The SMILES string of the molecule is CC(C)c1ccc(-c2cc(C3CCN(Cc4ccc(Cl)cc4)CC3)[nH]n2)cc1. The molecule has 0 radical (unpaired) electrons. The molecule has 0 aliphatic carbocycles. The van der Waals surface area contributed by atoms with Crippen molar-refractivity contribution >= 4 is 11.6 Å². The summed E-state index contributed by atoms with van der Waals surface area (Å²) in [7, 11) is 0. The van der Waals surface area contributed by atoms with Crippen molar-refractivity contribution in [1.82, 2.24) is 15.1 Å². The highest BCUT2D eigenvalue weighted by Crippen LogP contribution is 2.30. The lowest BCUT2D eigenvalue weighted by Crippen LogP contribution is -2.32. The van der Waals surface area contributed by atoms with Crippen LogP contribution in [0.25, 0.3) is 11.3 Å². The van der Waals surface area contributed by atoms with Crippen LogP contribution in [0.15, 0.2) is 54.6 Å². The first kappa shape index (κ1) is 19.2. The monoisotopic (exact) mass is 393 g/mol. The van der Waals surface area contributed by atoms with Gasteiger partial charge in [0, 0.05) is 28.7 Å². The molecule has 0 amide bonds. The van der Waals surface area contributed by atoms with E-state index < -0.39 is 0 Å². The average Bonchev–Trinajstić information content (AvgIpc) is 3.21. The quantitative estimate of drug-likeness (QED) is 0.556. The van der Waals surface area contributed by atoms with Gasteiger partial charge in [0.05, 0.1) is 5.69 Å². The van der Waals surface area contributed by atoms with E-state index in [9.17, 15) is 0 Å². The number of piperidine rings is 1. The van der Waals surface area contributed by atoms with E-state index in [0.717, 1.165) is 30.4 Å². The van der Waals surface area contributed by atoms with Gasteiger partial charge < -0.3 is 0 Å². The Hall–Kier alpha value is -2.10. The lowest BCUT2D eigenvalue weighted by Gasteiger charge is -2.31. The zero-order valence-electron chi connectivity index (χ0n) is 16.7. The van der Waals surface area contributed by atoms with Crippen molar-refractivity contribution in [2.45, 2.75) is 45.1 Å². The maximum absolute atomic E-state index is 5.99. The molecule has 0 bridgehead atoms. The van der Waals surface area contributed by atoms with Crippen molar-refractivity contribution in [3.05, 3.63) is 76.4 Å². The number of likely N-dealkylation sites (tertiary alicyclic amines) is 1. The van der Waals surface area contributed by atoms with E-state index in [0.29, 0.717) is 11.8 Å². The lowest BCUT2D eigenvalue weighted by atomic mass is 9.92. The van der Waals surface area contributed by atoms with Gasteiger partial charge in [-0.2, -0.15) is 5.10 Å². The zero-order chi connectivity index (χ0) is 19.5. The van der Waals surface area contributed by atoms with Crippen molar-refractivity contribution in [3.63, 3.8) is 0 Å². The number of aromatic amines is 1. The number of hydrogen-bond donors (Lipinski definition) is 1. The number of H-pyrrole nitrogens is 1. The van der Waals surface area contributed by atoms with Crippen LogP contribution in [0.4, 0.5) is 0 Å². The number of halogens is 1. The molecule has 3 nitrogen and oxygen atoms in total. The Kier molecular flexibility index (Phi) is 5.84. The summed E-state index contributed by atoms with van der Waals surface area (Å²) in [5, 5.41) is 8.68. The van der Waals surface area contributed by atoms with Crippen molar-refractivity contribution in [3.8, 4) is 11.3 Å². The van der Waals surface area contributed by atoms with Crippen LogP contribution < -0.4 is 0 Å². The molecule has 2 heterocycles. The third-order valence-corrected chi connectivity index (χ3v) is 6.07. The van der Waals surface area contributed by atoms with E-state index in [4.69, 9.17) is 11.6 Å². The number of nitrogens with zero attached hydrogens (tertiary/aromatic N) is 2. The van der Waals surface area contributed by atoms with Crippen molar-refractivity contribution < 1.29 is 0 Å². The highest BCUT2D eigenvalue weighted by atomic mass is 35.5. The van der Waals surface area contributed by atoms with Gasteiger partial charge in [-0.15, -0.1) is 0 Å². The van der Waals surface area contributed by atoms with E-state index in [2.05, 4.69) is 71.4 Å². The van der Waals surface area contributed by atoms with Gasteiger partial charge in [-0.25, -0.2) is 0 Å². The molecule has 0 unspecified atom stereocenters. The van der Waals surface area contributed by atoms with Crippen LogP contribution >= 0.6 is 11.6 Å². The van der Waals surface area contributed by atoms with Crippen LogP contribution in [0, 0.1) is 0 Å². The van der Waals surface area contributed by atoms with Crippen LogP contribution in [0.5, 0.6) is 0 Å². The van der Waals surface area contributed by atoms with Crippen LogP contribution in [-0.2, 0) is 6.54 Å². The minimum atomic E-state index is 0.557. The van der Waals surface area contributed by atoms with Gasteiger partial charge in [-0.05, 0) is 61.2 Å². The van der Waals surface area contributed by atoms with Gasteiger partial charge in [0.1, 0.15) is 0 Å². The second kappa shape index (κ2) is 8.50.